The topological polar surface area (TPSA) is 89.7 Å². The number of hydrogen-bond donors (Lipinski definition) is 2. The highest BCUT2D eigenvalue weighted by Crippen LogP contribution is 2.32. The molecule has 4 aromatic rings. The molecule has 2 N–H and O–H groups in total. The Morgan fingerprint density at radius 3 is 2.53 bits per heavy atom. The van der Waals surface area contributed by atoms with Crippen molar-refractivity contribution >= 4 is 17.5 Å². The number of nitrogens with zero attached hydrogens (tertiary/aromatic N) is 5. The minimum absolute atomic E-state index is 0.0626. The first kappa shape index (κ1) is 23.6. The molecule has 1 unspecified atom stereocenters. The van der Waals surface area contributed by atoms with Crippen LogP contribution in [0.3, 0.4) is 0 Å². The average Bonchev–Trinajstić information content (AvgIpc) is 3.52. The summed E-state index contributed by atoms with van der Waals surface area (Å²) in [6, 6.07) is 11.0. The van der Waals surface area contributed by atoms with Gasteiger partial charge in [-0.3, -0.25) is 9.48 Å². The third-order valence-corrected chi connectivity index (χ3v) is 6.12. The maximum Gasteiger partial charge on any atom is 0.408 e. The number of fused-ring (bicyclic) bond motifs is 1. The Morgan fingerprint density at radius 2 is 1.83 bits per heavy atom. The first-order valence-corrected chi connectivity index (χ1v) is 11.5. The molecule has 36 heavy (non-hydrogen) atoms. The van der Waals surface area contributed by atoms with Gasteiger partial charge < -0.3 is 10.6 Å². The molecule has 0 saturated carbocycles. The molecule has 11 heteroatoms. The maximum absolute atomic E-state index is 12.6. The summed E-state index contributed by atoms with van der Waals surface area (Å²) in [6.45, 7) is 5.30. The number of carbonyl (C=O) groups is 1. The van der Waals surface area contributed by atoms with Crippen molar-refractivity contribution < 1.29 is 18.0 Å². The minimum atomic E-state index is -4.33. The zero-order valence-electron chi connectivity index (χ0n) is 19.9. The number of alkyl halides is 3. The third-order valence-electron chi connectivity index (χ3n) is 6.12. The van der Waals surface area contributed by atoms with E-state index < -0.39 is 12.7 Å². The Hall–Kier alpha value is -4.15. The number of carbonyl (C=O) groups excluding carboxylic acids is 1. The Morgan fingerprint density at radius 1 is 1.11 bits per heavy atom. The third kappa shape index (κ3) is 4.56. The van der Waals surface area contributed by atoms with Gasteiger partial charge in [0.25, 0.3) is 5.91 Å². The van der Waals surface area contributed by atoms with Crippen molar-refractivity contribution in [1.29, 1.82) is 0 Å². The van der Waals surface area contributed by atoms with Gasteiger partial charge in [-0.05, 0) is 49.6 Å². The van der Waals surface area contributed by atoms with E-state index >= 15 is 0 Å². The van der Waals surface area contributed by atoms with Crippen LogP contribution < -0.4 is 10.6 Å². The molecule has 0 saturated heterocycles. The Kier molecular flexibility index (Phi) is 5.77. The minimum Gasteiger partial charge on any atom is -0.345 e. The molecule has 3 heterocycles. The van der Waals surface area contributed by atoms with E-state index in [1.54, 1.807) is 16.8 Å². The second-order valence-corrected chi connectivity index (χ2v) is 8.77. The molecule has 0 bridgehead atoms. The lowest BCUT2D eigenvalue weighted by Gasteiger charge is -2.12. The van der Waals surface area contributed by atoms with Crippen molar-refractivity contribution in [2.75, 3.05) is 5.32 Å². The lowest BCUT2D eigenvalue weighted by atomic mass is 10.0. The Bertz CT molecular complexity index is 1440. The van der Waals surface area contributed by atoms with Crippen LogP contribution in [0.15, 0.2) is 48.8 Å². The fourth-order valence-electron chi connectivity index (χ4n) is 4.26. The summed E-state index contributed by atoms with van der Waals surface area (Å²) in [5.41, 5.74) is 5.49. The monoisotopic (exact) mass is 495 g/mol. The average molecular weight is 496 g/mol. The molecule has 0 radical (unpaired) electrons. The molecule has 0 spiro atoms. The predicted molar refractivity (Wildman–Crippen MR) is 129 cm³/mol. The zero-order chi connectivity index (χ0) is 25.6. The number of rotatable bonds is 6. The van der Waals surface area contributed by atoms with E-state index in [1.165, 1.54) is 12.4 Å². The quantitative estimate of drug-likeness (QED) is 0.382. The highest BCUT2D eigenvalue weighted by atomic mass is 19.4. The van der Waals surface area contributed by atoms with Crippen LogP contribution >= 0.6 is 0 Å². The number of anilines is 2. The number of benzene rings is 2. The van der Waals surface area contributed by atoms with E-state index in [2.05, 4.69) is 25.8 Å². The normalized spacial score (nSPS) is 15.2. The van der Waals surface area contributed by atoms with E-state index in [1.807, 2.05) is 45.0 Å². The van der Waals surface area contributed by atoms with Crippen LogP contribution in [0.1, 0.15) is 41.4 Å². The summed E-state index contributed by atoms with van der Waals surface area (Å²) in [7, 11) is 0. The second kappa shape index (κ2) is 8.81. The van der Waals surface area contributed by atoms with E-state index in [0.29, 0.717) is 29.4 Å². The number of amides is 1. The number of hydrogen-bond acceptors (Lipinski definition) is 5. The molecule has 1 atom stereocenters. The molecule has 2 aromatic heterocycles. The summed E-state index contributed by atoms with van der Waals surface area (Å²) in [5.74, 6) is 1.02. The van der Waals surface area contributed by atoms with Crippen LogP contribution in [0.2, 0.25) is 0 Å². The maximum atomic E-state index is 12.6. The van der Waals surface area contributed by atoms with Gasteiger partial charge in [-0.15, -0.1) is 5.10 Å². The number of aryl methyl sites for hydroxylation is 2. The van der Waals surface area contributed by atoms with Crippen LogP contribution in [-0.4, -0.2) is 36.6 Å². The van der Waals surface area contributed by atoms with Crippen molar-refractivity contribution in [2.45, 2.75) is 46.1 Å². The summed E-state index contributed by atoms with van der Waals surface area (Å²) in [5, 5.41) is 14.7. The molecule has 186 valence electrons. The molecule has 5 rings (SSSR count). The van der Waals surface area contributed by atoms with Gasteiger partial charge in [0.1, 0.15) is 6.54 Å². The second-order valence-electron chi connectivity index (χ2n) is 8.77. The van der Waals surface area contributed by atoms with Crippen molar-refractivity contribution in [1.82, 2.24) is 29.9 Å². The van der Waals surface area contributed by atoms with Gasteiger partial charge in [0, 0.05) is 35.1 Å². The van der Waals surface area contributed by atoms with Crippen LogP contribution in [-0.2, 0) is 13.1 Å². The van der Waals surface area contributed by atoms with Gasteiger partial charge in [-0.25, -0.2) is 4.68 Å². The largest absolute Gasteiger partial charge is 0.408 e. The van der Waals surface area contributed by atoms with Crippen molar-refractivity contribution in [3.8, 4) is 22.5 Å². The van der Waals surface area contributed by atoms with Gasteiger partial charge in [0.2, 0.25) is 5.95 Å². The summed E-state index contributed by atoms with van der Waals surface area (Å²) >= 11 is 0. The van der Waals surface area contributed by atoms with Crippen LogP contribution in [0, 0.1) is 6.92 Å². The standard InChI is InChI=1S/C25H24F3N7O/c1-4-35-24(31-21-10-19-15(3)30-23(36)20(19)9-14(21)2)32-22(33-35)17-7-5-16(6-8-17)18-11-29-34(12-18)13-25(26,27)28/h5-12,15H,4,13H2,1-3H3,(H,30,36)(H,31,32,33). The number of nitrogens with one attached hydrogen (secondary N) is 2. The predicted octanol–water partition coefficient (Wildman–Crippen LogP) is 5.25. The molecule has 0 fully saturated rings. The van der Waals surface area contributed by atoms with Crippen LogP contribution in [0.4, 0.5) is 24.8 Å². The molecule has 2 aromatic carbocycles. The van der Waals surface area contributed by atoms with E-state index in [4.69, 9.17) is 0 Å². The van der Waals surface area contributed by atoms with Gasteiger partial charge in [0.15, 0.2) is 5.82 Å². The highest BCUT2D eigenvalue weighted by Gasteiger charge is 2.28. The summed E-state index contributed by atoms with van der Waals surface area (Å²) in [4.78, 5) is 16.8. The molecular formula is C25H24F3N7O. The fraction of sp³-hybridized carbons (Fsp3) is 0.280. The van der Waals surface area contributed by atoms with E-state index in [9.17, 15) is 18.0 Å². The van der Waals surface area contributed by atoms with Gasteiger partial charge >= 0.3 is 6.18 Å². The first-order chi connectivity index (χ1) is 17.1. The van der Waals surface area contributed by atoms with E-state index in [0.717, 1.165) is 32.6 Å². The first-order valence-electron chi connectivity index (χ1n) is 11.5. The summed E-state index contributed by atoms with van der Waals surface area (Å²) < 4.78 is 40.5. The highest BCUT2D eigenvalue weighted by molar-refractivity contribution is 6.00. The van der Waals surface area contributed by atoms with Gasteiger partial charge in [0.05, 0.1) is 12.2 Å². The molecule has 0 aliphatic carbocycles. The molecule has 1 aliphatic rings. The summed E-state index contributed by atoms with van der Waals surface area (Å²) in [6.07, 6.45) is -1.54. The smallest absolute Gasteiger partial charge is 0.345 e. The van der Waals surface area contributed by atoms with Crippen molar-refractivity contribution in [2.24, 2.45) is 0 Å². The molecular weight excluding hydrogens is 471 g/mol. The molecule has 1 amide bonds. The number of aromatic nitrogens is 5. The number of halogens is 3. The molecule has 8 nitrogen and oxygen atoms in total. The van der Waals surface area contributed by atoms with Crippen molar-refractivity contribution in [3.05, 3.63) is 65.5 Å². The fourth-order valence-corrected chi connectivity index (χ4v) is 4.26. The van der Waals surface area contributed by atoms with Crippen molar-refractivity contribution in [3.63, 3.8) is 0 Å². The SMILES string of the molecule is CCn1nc(-c2ccc(-c3cnn(CC(F)(F)F)c3)cc2)nc1Nc1cc2c(cc1C)C(=O)NC2C. The zero-order valence-corrected chi connectivity index (χ0v) is 19.9. The van der Waals surface area contributed by atoms with Gasteiger partial charge in [-0.2, -0.15) is 23.3 Å². The Labute approximate surface area is 205 Å². The van der Waals surface area contributed by atoms with Crippen LogP contribution in [0.5, 0.6) is 0 Å². The molecule has 1 aliphatic heterocycles. The lowest BCUT2D eigenvalue weighted by molar-refractivity contribution is -0.142. The van der Waals surface area contributed by atoms with Gasteiger partial charge in [-0.1, -0.05) is 24.3 Å². The lowest BCUT2D eigenvalue weighted by Crippen LogP contribution is -2.17. The van der Waals surface area contributed by atoms with Crippen LogP contribution in [0.25, 0.3) is 22.5 Å². The Balaban J connectivity index is 1.38. The van der Waals surface area contributed by atoms with E-state index in [-0.39, 0.29) is 11.9 Å².